The standard InChI is InChI=1S/C29H24S/c1-3-4-5-23-10-12-25(13-11-23)17-19-28-21-27-18-16-26(20-29(27)30-28)15-14-24-8-6-22(2)7-9-24/h6-13,16,18,20-21H,3-5H2,1-2H3. The SMILES string of the molecule is CCCCc1ccc(C#Cc2cc3ccc(C#Cc4ccc(C)cc4)cc3s2)cc1. The molecule has 0 unspecified atom stereocenters. The molecule has 3 aromatic carbocycles. The van der Waals surface area contributed by atoms with Crippen LogP contribution in [0.5, 0.6) is 0 Å². The Balaban J connectivity index is 1.51. The van der Waals surface area contributed by atoms with Crippen molar-refractivity contribution >= 4 is 21.4 Å². The van der Waals surface area contributed by atoms with E-state index in [9.17, 15) is 0 Å². The van der Waals surface area contributed by atoms with E-state index in [1.807, 2.05) is 0 Å². The maximum absolute atomic E-state index is 3.33. The highest BCUT2D eigenvalue weighted by Crippen LogP contribution is 2.26. The quantitative estimate of drug-likeness (QED) is 0.313. The molecule has 30 heavy (non-hydrogen) atoms. The fourth-order valence-electron chi connectivity index (χ4n) is 3.22. The van der Waals surface area contributed by atoms with Crippen molar-refractivity contribution in [3.8, 4) is 23.7 Å². The summed E-state index contributed by atoms with van der Waals surface area (Å²) in [6.07, 6.45) is 3.62. The largest absolute Gasteiger partial charge is 0.127 e. The third-order valence-electron chi connectivity index (χ3n) is 5.03. The first-order valence-corrected chi connectivity index (χ1v) is 11.2. The molecule has 0 aliphatic carbocycles. The van der Waals surface area contributed by atoms with E-state index < -0.39 is 0 Å². The number of hydrogen-bond acceptors (Lipinski definition) is 1. The summed E-state index contributed by atoms with van der Waals surface area (Å²) in [4.78, 5) is 1.09. The summed E-state index contributed by atoms with van der Waals surface area (Å²) in [7, 11) is 0. The average molecular weight is 405 g/mol. The van der Waals surface area contributed by atoms with Gasteiger partial charge in [-0.3, -0.25) is 0 Å². The lowest BCUT2D eigenvalue weighted by Gasteiger charge is -1.99. The molecule has 0 atom stereocenters. The molecular weight excluding hydrogens is 380 g/mol. The van der Waals surface area contributed by atoms with Gasteiger partial charge < -0.3 is 0 Å². The summed E-state index contributed by atoms with van der Waals surface area (Å²) in [5, 5.41) is 1.22. The molecule has 0 bridgehead atoms. The van der Waals surface area contributed by atoms with Crippen LogP contribution in [-0.4, -0.2) is 0 Å². The van der Waals surface area contributed by atoms with E-state index in [1.165, 1.54) is 34.1 Å². The Kier molecular flexibility index (Phi) is 6.34. The van der Waals surface area contributed by atoms with Gasteiger partial charge in [-0.1, -0.05) is 72.9 Å². The first-order valence-electron chi connectivity index (χ1n) is 10.4. The molecule has 0 N–H and O–H groups in total. The van der Waals surface area contributed by atoms with Crippen molar-refractivity contribution < 1.29 is 0 Å². The van der Waals surface area contributed by atoms with E-state index in [4.69, 9.17) is 0 Å². The molecule has 1 aromatic heterocycles. The molecular formula is C29H24S. The van der Waals surface area contributed by atoms with Crippen LogP contribution < -0.4 is 0 Å². The summed E-state index contributed by atoms with van der Waals surface area (Å²) < 4.78 is 1.23. The Morgan fingerprint density at radius 1 is 0.700 bits per heavy atom. The number of hydrogen-bond donors (Lipinski definition) is 0. The van der Waals surface area contributed by atoms with Crippen molar-refractivity contribution in [3.63, 3.8) is 0 Å². The van der Waals surface area contributed by atoms with Crippen molar-refractivity contribution in [2.24, 2.45) is 0 Å². The lowest BCUT2D eigenvalue weighted by Crippen LogP contribution is -1.84. The summed E-state index contributed by atoms with van der Waals surface area (Å²) in [6, 6.07) is 25.5. The lowest BCUT2D eigenvalue weighted by molar-refractivity contribution is 0.795. The predicted molar refractivity (Wildman–Crippen MR) is 130 cm³/mol. The van der Waals surface area contributed by atoms with Gasteiger partial charge in [0.25, 0.3) is 0 Å². The number of unbranched alkanes of at least 4 members (excludes halogenated alkanes) is 1. The van der Waals surface area contributed by atoms with Crippen molar-refractivity contribution in [2.75, 3.05) is 0 Å². The van der Waals surface area contributed by atoms with Gasteiger partial charge in [-0.25, -0.2) is 0 Å². The van der Waals surface area contributed by atoms with Crippen LogP contribution in [0.4, 0.5) is 0 Å². The van der Waals surface area contributed by atoms with Crippen LogP contribution >= 0.6 is 11.3 Å². The lowest BCUT2D eigenvalue weighted by atomic mass is 10.1. The van der Waals surface area contributed by atoms with Crippen LogP contribution in [0.3, 0.4) is 0 Å². The van der Waals surface area contributed by atoms with Crippen molar-refractivity contribution in [2.45, 2.75) is 33.1 Å². The summed E-state index contributed by atoms with van der Waals surface area (Å²) in [5.41, 5.74) is 5.79. The molecule has 4 aromatic rings. The minimum atomic E-state index is 1.03. The highest BCUT2D eigenvalue weighted by atomic mass is 32.1. The molecule has 0 saturated carbocycles. The van der Waals surface area contributed by atoms with Gasteiger partial charge in [-0.15, -0.1) is 11.3 Å². The average Bonchev–Trinajstić information content (AvgIpc) is 3.19. The zero-order valence-corrected chi connectivity index (χ0v) is 18.3. The number of benzene rings is 3. The van der Waals surface area contributed by atoms with Gasteiger partial charge in [0.15, 0.2) is 0 Å². The van der Waals surface area contributed by atoms with Gasteiger partial charge >= 0.3 is 0 Å². The summed E-state index contributed by atoms with van der Waals surface area (Å²) in [5.74, 6) is 13.2. The van der Waals surface area contributed by atoms with Crippen LogP contribution in [-0.2, 0) is 6.42 Å². The van der Waals surface area contributed by atoms with Crippen LogP contribution in [0.2, 0.25) is 0 Å². The molecule has 0 amide bonds. The van der Waals surface area contributed by atoms with E-state index in [-0.39, 0.29) is 0 Å². The predicted octanol–water partition coefficient (Wildman–Crippen LogP) is 7.35. The summed E-state index contributed by atoms with van der Waals surface area (Å²) in [6.45, 7) is 4.31. The fraction of sp³-hybridized carbons (Fsp3) is 0.172. The van der Waals surface area contributed by atoms with Crippen molar-refractivity contribution in [1.82, 2.24) is 0 Å². The highest BCUT2D eigenvalue weighted by molar-refractivity contribution is 7.19. The van der Waals surface area contributed by atoms with Crippen molar-refractivity contribution in [1.29, 1.82) is 0 Å². The molecule has 0 spiro atoms. The van der Waals surface area contributed by atoms with Gasteiger partial charge in [-0.2, -0.15) is 0 Å². The third-order valence-corrected chi connectivity index (χ3v) is 6.04. The van der Waals surface area contributed by atoms with E-state index in [2.05, 4.69) is 110 Å². The van der Waals surface area contributed by atoms with Gasteiger partial charge in [0.05, 0.1) is 4.88 Å². The van der Waals surface area contributed by atoms with Gasteiger partial charge in [-0.05, 0) is 73.2 Å². The minimum absolute atomic E-state index is 1.03. The molecule has 0 radical (unpaired) electrons. The second kappa shape index (κ2) is 9.49. The monoisotopic (exact) mass is 404 g/mol. The molecule has 0 aliphatic heterocycles. The van der Waals surface area contributed by atoms with Crippen LogP contribution in [0.25, 0.3) is 10.1 Å². The molecule has 0 nitrogen and oxygen atoms in total. The molecule has 0 aliphatic rings. The maximum atomic E-state index is 3.33. The number of aryl methyl sites for hydroxylation is 2. The van der Waals surface area contributed by atoms with Gasteiger partial charge in [0.2, 0.25) is 0 Å². The zero-order valence-electron chi connectivity index (χ0n) is 17.5. The van der Waals surface area contributed by atoms with Crippen LogP contribution in [0, 0.1) is 30.6 Å². The smallest absolute Gasteiger partial charge is 0.0784 e. The molecule has 0 fully saturated rings. The highest BCUT2D eigenvalue weighted by Gasteiger charge is 2.01. The number of rotatable bonds is 3. The van der Waals surface area contributed by atoms with Gasteiger partial charge in [0.1, 0.15) is 0 Å². The van der Waals surface area contributed by atoms with Crippen molar-refractivity contribution in [3.05, 3.63) is 105 Å². The maximum Gasteiger partial charge on any atom is 0.0784 e. The van der Waals surface area contributed by atoms with E-state index in [0.717, 1.165) is 28.0 Å². The first kappa shape index (κ1) is 20.0. The zero-order chi connectivity index (χ0) is 20.8. The third kappa shape index (κ3) is 5.21. The number of thiophene rings is 1. The van der Waals surface area contributed by atoms with E-state index in [1.54, 1.807) is 11.3 Å². The van der Waals surface area contributed by atoms with Gasteiger partial charge in [0, 0.05) is 21.4 Å². The van der Waals surface area contributed by atoms with E-state index in [0.29, 0.717) is 0 Å². The van der Waals surface area contributed by atoms with Crippen LogP contribution in [0.1, 0.15) is 52.5 Å². The van der Waals surface area contributed by atoms with E-state index >= 15 is 0 Å². The first-order chi connectivity index (χ1) is 14.7. The normalized spacial score (nSPS) is 10.2. The molecule has 0 saturated heterocycles. The second-order valence-electron chi connectivity index (χ2n) is 7.53. The molecule has 1 heterocycles. The Labute approximate surface area is 183 Å². The Bertz CT molecular complexity index is 1260. The summed E-state index contributed by atoms with van der Waals surface area (Å²) >= 11 is 1.73. The molecule has 146 valence electrons. The molecule has 4 rings (SSSR count). The second-order valence-corrected chi connectivity index (χ2v) is 8.61. The Morgan fingerprint density at radius 2 is 1.33 bits per heavy atom. The fourth-order valence-corrected chi connectivity index (χ4v) is 4.18. The topological polar surface area (TPSA) is 0 Å². The Hall–Kier alpha value is -3.26. The molecule has 1 heteroatoms. The minimum Gasteiger partial charge on any atom is -0.127 e. The number of fused-ring (bicyclic) bond motifs is 1. The Morgan fingerprint density at radius 3 is 2.07 bits per heavy atom. The van der Waals surface area contributed by atoms with Crippen LogP contribution in [0.15, 0.2) is 72.8 Å².